The maximum Gasteiger partial charge on any atom is 0.279 e. The van der Waals surface area contributed by atoms with Crippen molar-refractivity contribution in [3.63, 3.8) is 0 Å². The van der Waals surface area contributed by atoms with Crippen molar-refractivity contribution in [1.29, 1.82) is 0 Å². The fraction of sp³-hybridized carbons (Fsp3) is 0.316. The zero-order valence-corrected chi connectivity index (χ0v) is 16.3. The molecule has 0 aliphatic carbocycles. The van der Waals surface area contributed by atoms with Gasteiger partial charge in [0.1, 0.15) is 5.82 Å². The molecule has 8 heteroatoms. The summed E-state index contributed by atoms with van der Waals surface area (Å²) in [6.07, 6.45) is 1.90. The molecule has 1 aromatic carbocycles. The summed E-state index contributed by atoms with van der Waals surface area (Å²) in [5.74, 6) is 1.68. The van der Waals surface area contributed by atoms with Gasteiger partial charge in [0.15, 0.2) is 16.7 Å². The Labute approximate surface area is 161 Å². The second-order valence-electron chi connectivity index (χ2n) is 6.04. The van der Waals surface area contributed by atoms with E-state index < -0.39 is 5.92 Å². The SMILES string of the molecule is C=CCSc1nc(=O)c2c(n1C)NC(=O)C[C@@H]2c1ccc(OC)c(OC)c1. The van der Waals surface area contributed by atoms with Crippen LogP contribution in [0.5, 0.6) is 11.5 Å². The summed E-state index contributed by atoms with van der Waals surface area (Å²) >= 11 is 1.39. The third-order valence-electron chi connectivity index (χ3n) is 4.44. The van der Waals surface area contributed by atoms with Crippen molar-refractivity contribution in [3.05, 3.63) is 52.3 Å². The number of methoxy groups -OCH3 is 2. The average molecular weight is 387 g/mol. The standard InChI is InChI=1S/C19H21N3O4S/c1-5-8-27-19-21-18(24)16-12(10-15(23)20-17(16)22(19)2)11-6-7-13(25-3)14(9-11)26-4/h5-7,9,12H,1,8,10H2,2-4H3,(H,20,23)/t12-/m1/s1. The van der Waals surface area contributed by atoms with Gasteiger partial charge >= 0.3 is 0 Å². The van der Waals surface area contributed by atoms with Gasteiger partial charge in [-0.15, -0.1) is 6.58 Å². The zero-order valence-electron chi connectivity index (χ0n) is 15.4. The summed E-state index contributed by atoms with van der Waals surface area (Å²) in [5.41, 5.74) is 0.941. The average Bonchev–Trinajstić information content (AvgIpc) is 2.68. The Morgan fingerprint density at radius 1 is 1.33 bits per heavy atom. The van der Waals surface area contributed by atoms with Gasteiger partial charge in [0.05, 0.1) is 19.8 Å². The summed E-state index contributed by atoms with van der Waals surface area (Å²) in [6, 6.07) is 5.41. The van der Waals surface area contributed by atoms with Gasteiger partial charge in [0, 0.05) is 25.1 Å². The lowest BCUT2D eigenvalue weighted by molar-refractivity contribution is -0.116. The third kappa shape index (κ3) is 3.57. The van der Waals surface area contributed by atoms with E-state index in [0.717, 1.165) is 5.56 Å². The second-order valence-corrected chi connectivity index (χ2v) is 7.03. The first-order valence-electron chi connectivity index (χ1n) is 8.36. The highest BCUT2D eigenvalue weighted by Crippen LogP contribution is 2.39. The van der Waals surface area contributed by atoms with Crippen molar-refractivity contribution in [1.82, 2.24) is 9.55 Å². The van der Waals surface area contributed by atoms with Gasteiger partial charge in [-0.1, -0.05) is 23.9 Å². The van der Waals surface area contributed by atoms with Crippen LogP contribution in [-0.4, -0.2) is 35.4 Å². The quantitative estimate of drug-likeness (QED) is 0.466. The molecule has 1 amide bonds. The maximum absolute atomic E-state index is 12.8. The summed E-state index contributed by atoms with van der Waals surface area (Å²) in [6.45, 7) is 3.68. The molecular weight excluding hydrogens is 366 g/mol. The largest absolute Gasteiger partial charge is 0.493 e. The Morgan fingerprint density at radius 2 is 2.07 bits per heavy atom. The van der Waals surface area contributed by atoms with Crippen molar-refractivity contribution in [2.75, 3.05) is 25.3 Å². The Hall–Kier alpha value is -2.74. The number of nitrogens with one attached hydrogen (secondary N) is 1. The Bertz CT molecular complexity index is 955. The van der Waals surface area contributed by atoms with Crippen LogP contribution in [0.1, 0.15) is 23.5 Å². The van der Waals surface area contributed by atoms with Crippen LogP contribution in [0.25, 0.3) is 0 Å². The van der Waals surface area contributed by atoms with Crippen LogP contribution in [0.2, 0.25) is 0 Å². The molecule has 1 aliphatic rings. The maximum atomic E-state index is 12.8. The molecule has 142 valence electrons. The van der Waals surface area contributed by atoms with Crippen molar-refractivity contribution < 1.29 is 14.3 Å². The van der Waals surface area contributed by atoms with Crippen molar-refractivity contribution in [2.24, 2.45) is 7.05 Å². The van der Waals surface area contributed by atoms with Gasteiger partial charge < -0.3 is 19.4 Å². The van der Waals surface area contributed by atoms with E-state index in [4.69, 9.17) is 9.47 Å². The van der Waals surface area contributed by atoms with Crippen LogP contribution in [0.3, 0.4) is 0 Å². The number of nitrogens with zero attached hydrogens (tertiary/aromatic N) is 2. The first-order chi connectivity index (χ1) is 13.0. The fourth-order valence-corrected chi connectivity index (χ4v) is 3.85. The van der Waals surface area contributed by atoms with Gasteiger partial charge in [-0.05, 0) is 17.7 Å². The number of carbonyl (C=O) groups excluding carboxylic acids is 1. The molecule has 0 radical (unpaired) electrons. The second kappa shape index (κ2) is 7.87. The van der Waals surface area contributed by atoms with Crippen LogP contribution >= 0.6 is 11.8 Å². The lowest BCUT2D eigenvalue weighted by Gasteiger charge is -2.27. The molecule has 0 bridgehead atoms. The normalized spacial score (nSPS) is 15.7. The van der Waals surface area contributed by atoms with Crippen LogP contribution in [0, 0.1) is 0 Å². The number of anilines is 1. The topological polar surface area (TPSA) is 82.5 Å². The first kappa shape index (κ1) is 19.0. The predicted octanol–water partition coefficient (Wildman–Crippen LogP) is 2.55. The lowest BCUT2D eigenvalue weighted by atomic mass is 9.86. The number of ether oxygens (including phenoxy) is 2. The molecule has 0 saturated carbocycles. The summed E-state index contributed by atoms with van der Waals surface area (Å²) in [4.78, 5) is 29.4. The molecule has 3 rings (SSSR count). The van der Waals surface area contributed by atoms with E-state index in [2.05, 4.69) is 16.9 Å². The summed E-state index contributed by atoms with van der Waals surface area (Å²) in [5, 5.41) is 3.36. The van der Waals surface area contributed by atoms with Crippen molar-refractivity contribution in [3.8, 4) is 11.5 Å². The number of rotatable bonds is 6. The highest BCUT2D eigenvalue weighted by molar-refractivity contribution is 7.99. The number of amides is 1. The molecule has 1 aromatic heterocycles. The van der Waals surface area contributed by atoms with Crippen LogP contribution in [-0.2, 0) is 11.8 Å². The Balaban J connectivity index is 2.14. The van der Waals surface area contributed by atoms with E-state index in [1.165, 1.54) is 11.8 Å². The number of hydrogen-bond donors (Lipinski definition) is 1. The smallest absolute Gasteiger partial charge is 0.279 e. The zero-order chi connectivity index (χ0) is 19.6. The molecule has 27 heavy (non-hydrogen) atoms. The Morgan fingerprint density at radius 3 is 2.74 bits per heavy atom. The van der Waals surface area contributed by atoms with E-state index >= 15 is 0 Å². The molecule has 1 atom stereocenters. The lowest BCUT2D eigenvalue weighted by Crippen LogP contribution is -2.33. The van der Waals surface area contributed by atoms with E-state index in [1.807, 2.05) is 6.07 Å². The van der Waals surface area contributed by atoms with E-state index in [1.54, 1.807) is 44.0 Å². The van der Waals surface area contributed by atoms with Crippen LogP contribution in [0.15, 0.2) is 40.8 Å². The summed E-state index contributed by atoms with van der Waals surface area (Å²) in [7, 11) is 4.89. The van der Waals surface area contributed by atoms with E-state index in [9.17, 15) is 9.59 Å². The molecule has 1 N–H and O–H groups in total. The minimum Gasteiger partial charge on any atom is -0.493 e. The number of aromatic nitrogens is 2. The van der Waals surface area contributed by atoms with Crippen LogP contribution in [0.4, 0.5) is 5.82 Å². The highest BCUT2D eigenvalue weighted by Gasteiger charge is 2.32. The number of carbonyl (C=O) groups is 1. The number of thioether (sulfide) groups is 1. The minimum atomic E-state index is -0.404. The molecule has 0 spiro atoms. The van der Waals surface area contributed by atoms with E-state index in [-0.39, 0.29) is 17.9 Å². The predicted molar refractivity (Wildman–Crippen MR) is 105 cm³/mol. The van der Waals surface area contributed by atoms with Crippen LogP contribution < -0.4 is 20.3 Å². The molecular formula is C19H21N3O4S. The fourth-order valence-electron chi connectivity index (χ4n) is 3.15. The van der Waals surface area contributed by atoms with Gasteiger partial charge in [-0.25, -0.2) is 0 Å². The molecule has 0 unspecified atom stereocenters. The van der Waals surface area contributed by atoms with Crippen molar-refractivity contribution in [2.45, 2.75) is 17.5 Å². The van der Waals surface area contributed by atoms with E-state index in [0.29, 0.717) is 33.8 Å². The molecule has 7 nitrogen and oxygen atoms in total. The molecule has 2 aromatic rings. The molecule has 0 fully saturated rings. The minimum absolute atomic E-state index is 0.150. The highest BCUT2D eigenvalue weighted by atomic mass is 32.2. The third-order valence-corrected chi connectivity index (χ3v) is 5.47. The van der Waals surface area contributed by atoms with Gasteiger partial charge in [-0.2, -0.15) is 4.98 Å². The van der Waals surface area contributed by atoms with Crippen molar-refractivity contribution >= 4 is 23.5 Å². The molecule has 0 saturated heterocycles. The number of benzene rings is 1. The number of hydrogen-bond acceptors (Lipinski definition) is 6. The Kier molecular flexibility index (Phi) is 5.55. The number of fused-ring (bicyclic) bond motifs is 1. The summed E-state index contributed by atoms with van der Waals surface area (Å²) < 4.78 is 12.4. The molecule has 1 aliphatic heterocycles. The van der Waals surface area contributed by atoms with Gasteiger partial charge in [0.2, 0.25) is 5.91 Å². The monoisotopic (exact) mass is 387 g/mol. The van der Waals surface area contributed by atoms with Gasteiger partial charge in [0.25, 0.3) is 5.56 Å². The molecule has 2 heterocycles. The first-order valence-corrected chi connectivity index (χ1v) is 9.35. The van der Waals surface area contributed by atoms with Gasteiger partial charge in [-0.3, -0.25) is 9.59 Å².